The molecule has 1 N–H and O–H groups in total. The highest BCUT2D eigenvalue weighted by Crippen LogP contribution is 2.21. The fourth-order valence-corrected chi connectivity index (χ4v) is 2.15. The Labute approximate surface area is 126 Å². The molecule has 0 spiro atoms. The summed E-state index contributed by atoms with van der Waals surface area (Å²) in [4.78, 5) is 12.2. The molecule has 0 aromatic heterocycles. The molecule has 1 unspecified atom stereocenters. The first-order valence-electron chi connectivity index (χ1n) is 7.31. The summed E-state index contributed by atoms with van der Waals surface area (Å²) in [7, 11) is 0. The van der Waals surface area contributed by atoms with E-state index >= 15 is 0 Å². The van der Waals surface area contributed by atoms with E-state index in [1.54, 1.807) is 0 Å². The Morgan fingerprint density at radius 1 is 1.05 bits per heavy atom. The number of carbonyl (C=O) groups excluding carboxylic acids is 1. The Balaban J connectivity index is 2.21. The summed E-state index contributed by atoms with van der Waals surface area (Å²) in [5, 5.41) is 3.26. The maximum absolute atomic E-state index is 12.2. The molecule has 2 rings (SSSR count). The van der Waals surface area contributed by atoms with Gasteiger partial charge in [0.25, 0.3) is 0 Å². The molecule has 0 radical (unpaired) electrons. The van der Waals surface area contributed by atoms with E-state index in [0.29, 0.717) is 6.61 Å². The first-order valence-corrected chi connectivity index (χ1v) is 7.31. The van der Waals surface area contributed by atoms with Crippen molar-refractivity contribution in [3.05, 3.63) is 65.7 Å². The predicted molar refractivity (Wildman–Crippen MR) is 85.3 cm³/mol. The zero-order chi connectivity index (χ0) is 15.1. The van der Waals surface area contributed by atoms with Gasteiger partial charge in [0.15, 0.2) is 6.04 Å². The van der Waals surface area contributed by atoms with Gasteiger partial charge in [0.1, 0.15) is 0 Å². The SMILES string of the molecule is CCOC(=O)C(Nc1ccc(CC)cc1)c1ccccc1. The lowest BCUT2D eigenvalue weighted by Gasteiger charge is -2.19. The fourth-order valence-electron chi connectivity index (χ4n) is 2.15. The predicted octanol–water partition coefficient (Wildman–Crippen LogP) is 3.97. The largest absolute Gasteiger partial charge is 0.464 e. The van der Waals surface area contributed by atoms with E-state index in [2.05, 4.69) is 24.4 Å². The Kier molecular flexibility index (Phi) is 5.38. The minimum atomic E-state index is -0.487. The van der Waals surface area contributed by atoms with E-state index in [1.807, 2.05) is 49.4 Å². The van der Waals surface area contributed by atoms with E-state index in [9.17, 15) is 4.79 Å². The van der Waals surface area contributed by atoms with Crippen LogP contribution >= 0.6 is 0 Å². The molecule has 0 fully saturated rings. The lowest BCUT2D eigenvalue weighted by molar-refractivity contribution is -0.144. The number of carbonyl (C=O) groups is 1. The van der Waals surface area contributed by atoms with E-state index in [-0.39, 0.29) is 5.97 Å². The number of esters is 1. The van der Waals surface area contributed by atoms with Crippen molar-refractivity contribution in [2.24, 2.45) is 0 Å². The monoisotopic (exact) mass is 283 g/mol. The molecule has 0 saturated heterocycles. The van der Waals surface area contributed by atoms with Gasteiger partial charge in [0, 0.05) is 5.69 Å². The second-order valence-corrected chi connectivity index (χ2v) is 4.79. The summed E-state index contributed by atoms with van der Waals surface area (Å²) in [6, 6.07) is 17.3. The van der Waals surface area contributed by atoms with E-state index in [0.717, 1.165) is 17.7 Å². The number of aryl methyl sites for hydroxylation is 1. The van der Waals surface area contributed by atoms with Crippen molar-refractivity contribution in [3.8, 4) is 0 Å². The zero-order valence-electron chi connectivity index (χ0n) is 12.5. The van der Waals surface area contributed by atoms with Crippen LogP contribution < -0.4 is 5.32 Å². The molecule has 0 amide bonds. The molecule has 0 aliphatic rings. The zero-order valence-corrected chi connectivity index (χ0v) is 12.5. The van der Waals surface area contributed by atoms with E-state index in [1.165, 1.54) is 5.56 Å². The molecule has 2 aromatic rings. The van der Waals surface area contributed by atoms with Crippen molar-refractivity contribution in [1.82, 2.24) is 0 Å². The normalized spacial score (nSPS) is 11.7. The van der Waals surface area contributed by atoms with Crippen molar-refractivity contribution in [3.63, 3.8) is 0 Å². The van der Waals surface area contributed by atoms with E-state index in [4.69, 9.17) is 4.74 Å². The van der Waals surface area contributed by atoms with Crippen LogP contribution in [0.4, 0.5) is 5.69 Å². The molecule has 3 heteroatoms. The number of hydrogen-bond donors (Lipinski definition) is 1. The smallest absolute Gasteiger partial charge is 0.333 e. The van der Waals surface area contributed by atoms with Crippen LogP contribution in [0.2, 0.25) is 0 Å². The molecule has 0 saturated carbocycles. The highest BCUT2D eigenvalue weighted by molar-refractivity contribution is 5.81. The van der Waals surface area contributed by atoms with Crippen LogP contribution in [-0.4, -0.2) is 12.6 Å². The van der Waals surface area contributed by atoms with Gasteiger partial charge >= 0.3 is 5.97 Å². The van der Waals surface area contributed by atoms with Crippen molar-refractivity contribution >= 4 is 11.7 Å². The minimum absolute atomic E-state index is 0.261. The summed E-state index contributed by atoms with van der Waals surface area (Å²) < 4.78 is 5.17. The summed E-state index contributed by atoms with van der Waals surface area (Å²) in [5.41, 5.74) is 3.08. The van der Waals surface area contributed by atoms with Crippen molar-refractivity contribution in [1.29, 1.82) is 0 Å². The molecule has 0 aliphatic carbocycles. The fraction of sp³-hybridized carbons (Fsp3) is 0.278. The topological polar surface area (TPSA) is 38.3 Å². The van der Waals surface area contributed by atoms with Crippen molar-refractivity contribution in [2.45, 2.75) is 26.3 Å². The summed E-state index contributed by atoms with van der Waals surface area (Å²) in [6.07, 6.45) is 1.00. The average Bonchev–Trinajstić information content (AvgIpc) is 2.54. The van der Waals surface area contributed by atoms with Crippen LogP contribution in [0.1, 0.15) is 31.0 Å². The highest BCUT2D eigenvalue weighted by atomic mass is 16.5. The highest BCUT2D eigenvalue weighted by Gasteiger charge is 2.21. The van der Waals surface area contributed by atoms with Crippen LogP contribution in [0.15, 0.2) is 54.6 Å². The molecular formula is C18H21NO2. The lowest BCUT2D eigenvalue weighted by Crippen LogP contribution is -2.23. The molecule has 0 bridgehead atoms. The van der Waals surface area contributed by atoms with Gasteiger partial charge in [-0.15, -0.1) is 0 Å². The number of nitrogens with one attached hydrogen (secondary N) is 1. The van der Waals surface area contributed by atoms with Crippen molar-refractivity contribution < 1.29 is 9.53 Å². The van der Waals surface area contributed by atoms with Crippen LogP contribution in [-0.2, 0) is 16.0 Å². The van der Waals surface area contributed by atoms with E-state index < -0.39 is 6.04 Å². The third-order valence-electron chi connectivity index (χ3n) is 3.33. The summed E-state index contributed by atoms with van der Waals surface area (Å²) in [6.45, 7) is 4.31. The van der Waals surface area contributed by atoms with Gasteiger partial charge in [-0.05, 0) is 36.6 Å². The van der Waals surface area contributed by atoms with Gasteiger partial charge in [0.2, 0.25) is 0 Å². The Morgan fingerprint density at radius 3 is 2.29 bits per heavy atom. The first kappa shape index (κ1) is 15.1. The Morgan fingerprint density at radius 2 is 1.71 bits per heavy atom. The standard InChI is InChI=1S/C18H21NO2/c1-3-14-10-12-16(13-11-14)19-17(18(20)21-4-2)15-8-6-5-7-9-15/h5-13,17,19H,3-4H2,1-2H3. The molecule has 21 heavy (non-hydrogen) atoms. The van der Waals surface area contributed by atoms with Gasteiger partial charge in [0.05, 0.1) is 6.61 Å². The second-order valence-electron chi connectivity index (χ2n) is 4.79. The van der Waals surface area contributed by atoms with Gasteiger partial charge in [-0.25, -0.2) is 4.79 Å². The number of ether oxygens (including phenoxy) is 1. The minimum Gasteiger partial charge on any atom is -0.464 e. The second kappa shape index (κ2) is 7.48. The third-order valence-corrected chi connectivity index (χ3v) is 3.33. The Hall–Kier alpha value is -2.29. The van der Waals surface area contributed by atoms with Crippen LogP contribution in [0.25, 0.3) is 0 Å². The first-order chi connectivity index (χ1) is 10.2. The quantitative estimate of drug-likeness (QED) is 0.815. The van der Waals surface area contributed by atoms with Gasteiger partial charge in [-0.2, -0.15) is 0 Å². The van der Waals surface area contributed by atoms with Crippen LogP contribution in [0.5, 0.6) is 0 Å². The van der Waals surface area contributed by atoms with Crippen LogP contribution in [0.3, 0.4) is 0 Å². The Bertz CT molecular complexity index is 564. The molecule has 110 valence electrons. The molecule has 0 aliphatic heterocycles. The number of rotatable bonds is 6. The average molecular weight is 283 g/mol. The molecular weight excluding hydrogens is 262 g/mol. The van der Waals surface area contributed by atoms with Crippen molar-refractivity contribution in [2.75, 3.05) is 11.9 Å². The molecule has 0 heterocycles. The summed E-state index contributed by atoms with van der Waals surface area (Å²) >= 11 is 0. The molecule has 1 atom stereocenters. The van der Waals surface area contributed by atoms with Gasteiger partial charge in [-0.1, -0.05) is 49.4 Å². The molecule has 2 aromatic carbocycles. The number of anilines is 1. The maximum Gasteiger partial charge on any atom is 0.333 e. The number of benzene rings is 2. The third kappa shape index (κ3) is 4.09. The number of hydrogen-bond acceptors (Lipinski definition) is 3. The summed E-state index contributed by atoms with van der Waals surface area (Å²) in [5.74, 6) is -0.261. The van der Waals surface area contributed by atoms with Gasteiger partial charge < -0.3 is 10.1 Å². The van der Waals surface area contributed by atoms with Crippen LogP contribution in [0, 0.1) is 0 Å². The molecule has 3 nitrogen and oxygen atoms in total. The lowest BCUT2D eigenvalue weighted by atomic mass is 10.1. The maximum atomic E-state index is 12.2. The van der Waals surface area contributed by atoms with Gasteiger partial charge in [-0.3, -0.25) is 0 Å².